The van der Waals surface area contributed by atoms with E-state index in [0.717, 1.165) is 4.47 Å². The molecule has 0 aliphatic carbocycles. The largest absolute Gasteiger partial charge is 0.504 e. The Morgan fingerprint density at radius 3 is 2.77 bits per heavy atom. The van der Waals surface area contributed by atoms with Crippen LogP contribution in [0, 0.1) is 0 Å². The molecular formula is C23H24BrN3O3. The van der Waals surface area contributed by atoms with Gasteiger partial charge in [-0.3, -0.25) is 4.79 Å². The minimum Gasteiger partial charge on any atom is -0.504 e. The highest BCUT2D eigenvalue weighted by Gasteiger charge is 2.14. The molecule has 3 rings (SSSR count). The zero-order valence-corrected chi connectivity index (χ0v) is 18.8. The molecule has 30 heavy (non-hydrogen) atoms. The van der Waals surface area contributed by atoms with E-state index in [9.17, 15) is 9.90 Å². The lowest BCUT2D eigenvalue weighted by molar-refractivity contribution is 0.317. The van der Waals surface area contributed by atoms with Crippen molar-refractivity contribution in [2.45, 2.75) is 33.1 Å². The number of phenolic OH excluding ortho intramolecular Hbond substituents is 1. The molecule has 7 heteroatoms. The summed E-state index contributed by atoms with van der Waals surface area (Å²) in [6.45, 7) is 9.93. The molecule has 156 valence electrons. The van der Waals surface area contributed by atoms with E-state index in [1.165, 1.54) is 4.68 Å². The van der Waals surface area contributed by atoms with Crippen LogP contribution in [-0.4, -0.2) is 27.6 Å². The normalized spacial score (nSPS) is 11.5. The summed E-state index contributed by atoms with van der Waals surface area (Å²) in [5.41, 5.74) is 1.77. The van der Waals surface area contributed by atoms with Gasteiger partial charge >= 0.3 is 0 Å². The highest BCUT2D eigenvalue weighted by atomic mass is 79.9. The monoisotopic (exact) mass is 469 g/mol. The smallest absolute Gasteiger partial charge is 0.282 e. The molecule has 1 heterocycles. The van der Waals surface area contributed by atoms with Crippen LogP contribution >= 0.6 is 15.9 Å². The summed E-state index contributed by atoms with van der Waals surface area (Å²) in [5.74, 6) is 1.03. The molecule has 0 aliphatic rings. The number of allylic oxidation sites excluding steroid dienone is 1. The Bertz CT molecular complexity index is 1180. The van der Waals surface area contributed by atoms with Gasteiger partial charge in [0.2, 0.25) is 0 Å². The number of ether oxygens (including phenoxy) is 1. The van der Waals surface area contributed by atoms with Gasteiger partial charge < -0.3 is 9.84 Å². The minimum absolute atomic E-state index is 0.00183. The molecule has 0 bridgehead atoms. The maximum atomic E-state index is 13.1. The first-order chi connectivity index (χ1) is 14.3. The Morgan fingerprint density at radius 1 is 1.33 bits per heavy atom. The van der Waals surface area contributed by atoms with Crippen molar-refractivity contribution >= 4 is 33.0 Å². The molecular weight excluding hydrogens is 446 g/mol. The van der Waals surface area contributed by atoms with Gasteiger partial charge in [0.25, 0.3) is 5.56 Å². The molecule has 0 saturated carbocycles. The van der Waals surface area contributed by atoms with Crippen LogP contribution in [-0.2, 0) is 6.42 Å². The number of nitrogens with zero attached hydrogens (tertiary/aromatic N) is 3. The third kappa shape index (κ3) is 4.46. The predicted octanol–water partition coefficient (Wildman–Crippen LogP) is 5.00. The molecule has 0 radical (unpaired) electrons. The summed E-state index contributed by atoms with van der Waals surface area (Å²) < 4.78 is 7.68. The fourth-order valence-electron chi connectivity index (χ4n) is 3.12. The second kappa shape index (κ2) is 9.26. The average Bonchev–Trinajstić information content (AvgIpc) is 2.71. The molecule has 0 unspecified atom stereocenters. The van der Waals surface area contributed by atoms with E-state index in [1.54, 1.807) is 30.5 Å². The first kappa shape index (κ1) is 21.8. The number of fused-ring (bicyclic) bond motifs is 1. The quantitative estimate of drug-likeness (QED) is 0.390. The lowest BCUT2D eigenvalue weighted by Gasteiger charge is -2.13. The molecule has 0 fully saturated rings. The number of rotatable bonds is 7. The summed E-state index contributed by atoms with van der Waals surface area (Å²) in [7, 11) is 0. The summed E-state index contributed by atoms with van der Waals surface area (Å²) >= 11 is 3.41. The van der Waals surface area contributed by atoms with Crippen LogP contribution in [0.25, 0.3) is 10.9 Å². The van der Waals surface area contributed by atoms with E-state index in [1.807, 2.05) is 32.9 Å². The van der Waals surface area contributed by atoms with Crippen molar-refractivity contribution in [2.24, 2.45) is 5.10 Å². The topological polar surface area (TPSA) is 76.7 Å². The van der Waals surface area contributed by atoms with E-state index in [-0.39, 0.29) is 17.2 Å². The van der Waals surface area contributed by atoms with Crippen molar-refractivity contribution < 1.29 is 9.84 Å². The summed E-state index contributed by atoms with van der Waals surface area (Å²) in [5, 5.41) is 15.3. The Morgan fingerprint density at radius 2 is 2.10 bits per heavy atom. The van der Waals surface area contributed by atoms with Gasteiger partial charge in [0.15, 0.2) is 11.5 Å². The molecule has 2 aromatic carbocycles. The molecule has 0 saturated heterocycles. The fourth-order valence-corrected chi connectivity index (χ4v) is 3.48. The van der Waals surface area contributed by atoms with Gasteiger partial charge in [-0.2, -0.15) is 9.78 Å². The summed E-state index contributed by atoms with van der Waals surface area (Å²) in [4.78, 5) is 17.8. The van der Waals surface area contributed by atoms with Gasteiger partial charge in [-0.15, -0.1) is 6.58 Å². The highest BCUT2D eigenvalue weighted by Crippen LogP contribution is 2.32. The lowest BCUT2D eigenvalue weighted by atomic mass is 10.1. The highest BCUT2D eigenvalue weighted by molar-refractivity contribution is 9.10. The van der Waals surface area contributed by atoms with Crippen molar-refractivity contribution in [1.82, 2.24) is 9.66 Å². The Labute approximate surface area is 183 Å². The molecule has 0 spiro atoms. The van der Waals surface area contributed by atoms with E-state index < -0.39 is 0 Å². The van der Waals surface area contributed by atoms with Crippen molar-refractivity contribution in [3.05, 3.63) is 74.8 Å². The van der Waals surface area contributed by atoms with E-state index in [4.69, 9.17) is 4.74 Å². The molecule has 6 nitrogen and oxygen atoms in total. The van der Waals surface area contributed by atoms with Crippen molar-refractivity contribution in [3.8, 4) is 11.5 Å². The molecule has 0 aliphatic heterocycles. The van der Waals surface area contributed by atoms with Crippen LogP contribution in [0.4, 0.5) is 0 Å². The van der Waals surface area contributed by atoms with Crippen molar-refractivity contribution in [2.75, 3.05) is 6.61 Å². The SMILES string of the molecule is C=CCc1cc(C=Nn2c(C(C)C)nc3ccc(Br)cc3c2=O)cc(OCC)c1O. The standard InChI is InChI=1S/C23H24BrN3O3/c1-5-7-16-10-15(11-20(21(16)28)30-6-2)13-25-27-22(14(3)4)26-19-9-8-17(24)12-18(19)23(27)29/h5,8-14,28H,1,6-7H2,2-4H3. The Kier molecular flexibility index (Phi) is 6.72. The van der Waals surface area contributed by atoms with Gasteiger partial charge in [0.1, 0.15) is 5.82 Å². The first-order valence-electron chi connectivity index (χ1n) is 9.71. The summed E-state index contributed by atoms with van der Waals surface area (Å²) in [6.07, 6.45) is 3.77. The molecule has 1 N–H and O–H groups in total. The van der Waals surface area contributed by atoms with Crippen LogP contribution in [0.5, 0.6) is 11.5 Å². The van der Waals surface area contributed by atoms with Crippen LogP contribution in [0.15, 0.2) is 57.4 Å². The number of halogens is 1. The number of benzene rings is 2. The molecule has 1 aromatic heterocycles. The average molecular weight is 470 g/mol. The van der Waals surface area contributed by atoms with Gasteiger partial charge in [0, 0.05) is 16.0 Å². The second-order valence-electron chi connectivity index (χ2n) is 7.10. The van der Waals surface area contributed by atoms with Gasteiger partial charge in [-0.05, 0) is 49.2 Å². The van der Waals surface area contributed by atoms with Crippen LogP contribution < -0.4 is 10.3 Å². The lowest BCUT2D eigenvalue weighted by Crippen LogP contribution is -2.23. The predicted molar refractivity (Wildman–Crippen MR) is 124 cm³/mol. The first-order valence-corrected chi connectivity index (χ1v) is 10.5. The zero-order chi connectivity index (χ0) is 21.8. The van der Waals surface area contributed by atoms with Crippen molar-refractivity contribution in [1.29, 1.82) is 0 Å². The second-order valence-corrected chi connectivity index (χ2v) is 8.02. The third-order valence-corrected chi connectivity index (χ3v) is 5.01. The third-order valence-electron chi connectivity index (χ3n) is 4.51. The van der Waals surface area contributed by atoms with E-state index >= 15 is 0 Å². The summed E-state index contributed by atoms with van der Waals surface area (Å²) in [6, 6.07) is 8.92. The van der Waals surface area contributed by atoms with Gasteiger partial charge in [0.05, 0.1) is 23.7 Å². The Hall–Kier alpha value is -2.93. The fraction of sp³-hybridized carbons (Fsp3) is 0.261. The zero-order valence-electron chi connectivity index (χ0n) is 17.2. The van der Waals surface area contributed by atoms with Crippen molar-refractivity contribution in [3.63, 3.8) is 0 Å². The number of hydrogen-bond donors (Lipinski definition) is 1. The maximum absolute atomic E-state index is 13.1. The number of hydrogen-bond acceptors (Lipinski definition) is 5. The number of phenols is 1. The van der Waals surface area contributed by atoms with Crippen LogP contribution in [0.1, 0.15) is 43.6 Å². The molecule has 0 amide bonds. The number of aromatic hydroxyl groups is 1. The van der Waals surface area contributed by atoms with E-state index in [0.29, 0.717) is 46.6 Å². The molecule has 3 aromatic rings. The van der Waals surface area contributed by atoms with Gasteiger partial charge in [-0.25, -0.2) is 4.98 Å². The van der Waals surface area contributed by atoms with Crippen LogP contribution in [0.2, 0.25) is 0 Å². The van der Waals surface area contributed by atoms with Crippen LogP contribution in [0.3, 0.4) is 0 Å². The molecule has 0 atom stereocenters. The maximum Gasteiger partial charge on any atom is 0.282 e. The van der Waals surface area contributed by atoms with E-state index in [2.05, 4.69) is 32.6 Å². The van der Waals surface area contributed by atoms with Gasteiger partial charge in [-0.1, -0.05) is 35.9 Å². The number of aromatic nitrogens is 2. The minimum atomic E-state index is -0.239. The Balaban J connectivity index is 2.15.